The van der Waals surface area contributed by atoms with E-state index in [2.05, 4.69) is 21.4 Å². The third-order valence-electron chi connectivity index (χ3n) is 6.51. The highest BCUT2D eigenvalue weighted by Gasteiger charge is 2.45. The SMILES string of the molecule is C=C(/C=C\C(=C/N)c1nc2ccccc2[nH]1)N1CCC(OCC2(C(=O)O)CCC2)CC1. The van der Waals surface area contributed by atoms with Crippen molar-refractivity contribution in [3.63, 3.8) is 0 Å². The van der Waals surface area contributed by atoms with Crippen molar-refractivity contribution in [3.05, 3.63) is 60.7 Å². The molecule has 2 heterocycles. The van der Waals surface area contributed by atoms with Gasteiger partial charge in [-0.2, -0.15) is 0 Å². The average molecular weight is 423 g/mol. The summed E-state index contributed by atoms with van der Waals surface area (Å²) in [5, 5.41) is 9.45. The zero-order valence-corrected chi connectivity index (χ0v) is 17.7. The number of para-hydroxylation sites is 2. The number of H-pyrrole nitrogens is 1. The number of aromatic nitrogens is 2. The molecule has 0 unspecified atom stereocenters. The van der Waals surface area contributed by atoms with Gasteiger partial charge < -0.3 is 25.5 Å². The number of fused-ring (bicyclic) bond motifs is 1. The number of likely N-dealkylation sites (tertiary alicyclic amines) is 1. The fraction of sp³-hybridized carbons (Fsp3) is 0.417. The maximum absolute atomic E-state index is 11.5. The van der Waals surface area contributed by atoms with Crippen LogP contribution < -0.4 is 5.73 Å². The summed E-state index contributed by atoms with van der Waals surface area (Å²) in [5.74, 6) is 0.00568. The van der Waals surface area contributed by atoms with Crippen molar-refractivity contribution in [3.8, 4) is 0 Å². The number of hydrogen-bond donors (Lipinski definition) is 3. The van der Waals surface area contributed by atoms with E-state index in [0.717, 1.165) is 73.3 Å². The number of hydrogen-bond acceptors (Lipinski definition) is 5. The third-order valence-corrected chi connectivity index (χ3v) is 6.51. The van der Waals surface area contributed by atoms with Crippen LogP contribution in [0.3, 0.4) is 0 Å². The van der Waals surface area contributed by atoms with Gasteiger partial charge in [0.05, 0.1) is 29.2 Å². The Morgan fingerprint density at radius 3 is 2.68 bits per heavy atom. The molecule has 0 radical (unpaired) electrons. The monoisotopic (exact) mass is 422 g/mol. The van der Waals surface area contributed by atoms with Gasteiger partial charge in [0.1, 0.15) is 5.82 Å². The molecular weight excluding hydrogens is 392 g/mol. The van der Waals surface area contributed by atoms with E-state index in [-0.39, 0.29) is 6.10 Å². The number of rotatable bonds is 8. The van der Waals surface area contributed by atoms with Crippen molar-refractivity contribution in [2.45, 2.75) is 38.2 Å². The number of carboxylic acid groups (broad SMARTS) is 1. The minimum Gasteiger partial charge on any atom is -0.481 e. The molecule has 2 aliphatic rings. The second kappa shape index (κ2) is 8.98. The highest BCUT2D eigenvalue weighted by Crippen LogP contribution is 2.42. The molecule has 0 spiro atoms. The van der Waals surface area contributed by atoms with E-state index in [1.807, 2.05) is 36.4 Å². The second-order valence-corrected chi connectivity index (χ2v) is 8.49. The third kappa shape index (κ3) is 4.51. The number of allylic oxidation sites excluding steroid dienone is 3. The van der Waals surface area contributed by atoms with Crippen molar-refractivity contribution in [2.24, 2.45) is 11.1 Å². The summed E-state index contributed by atoms with van der Waals surface area (Å²) in [4.78, 5) is 21.6. The number of benzene rings is 1. The van der Waals surface area contributed by atoms with Gasteiger partial charge in [0.15, 0.2) is 0 Å². The van der Waals surface area contributed by atoms with Crippen molar-refractivity contribution in [1.82, 2.24) is 14.9 Å². The van der Waals surface area contributed by atoms with Crippen LogP contribution in [0.2, 0.25) is 0 Å². The van der Waals surface area contributed by atoms with Crippen molar-refractivity contribution in [2.75, 3.05) is 19.7 Å². The van der Waals surface area contributed by atoms with E-state index in [0.29, 0.717) is 6.61 Å². The maximum Gasteiger partial charge on any atom is 0.311 e. The number of carboxylic acids is 1. The van der Waals surface area contributed by atoms with Crippen LogP contribution in [0.5, 0.6) is 0 Å². The van der Waals surface area contributed by atoms with E-state index >= 15 is 0 Å². The lowest BCUT2D eigenvalue weighted by Crippen LogP contribution is -2.44. The van der Waals surface area contributed by atoms with Crippen LogP contribution in [0.25, 0.3) is 16.6 Å². The molecule has 1 saturated carbocycles. The smallest absolute Gasteiger partial charge is 0.311 e. The molecule has 2 fully saturated rings. The van der Waals surface area contributed by atoms with Gasteiger partial charge in [-0.1, -0.05) is 25.1 Å². The summed E-state index contributed by atoms with van der Waals surface area (Å²) >= 11 is 0. The van der Waals surface area contributed by atoms with Crippen LogP contribution in [-0.2, 0) is 9.53 Å². The topological polar surface area (TPSA) is 104 Å². The Balaban J connectivity index is 1.29. The van der Waals surface area contributed by atoms with Gasteiger partial charge in [-0.25, -0.2) is 4.98 Å². The quantitative estimate of drug-likeness (QED) is 0.561. The second-order valence-electron chi connectivity index (χ2n) is 8.49. The standard InChI is InChI=1S/C24H30N4O3/c1-17(7-8-18(15-25)22-26-20-5-2-3-6-21(20)27-22)28-13-9-19(10-14-28)31-16-24(23(29)30)11-4-12-24/h2-3,5-8,15,19H,1,4,9-14,16,25H2,(H,26,27)(H,29,30)/b8-7-,18-15+. The van der Waals surface area contributed by atoms with E-state index < -0.39 is 11.4 Å². The first-order chi connectivity index (χ1) is 15.0. The lowest BCUT2D eigenvalue weighted by molar-refractivity contribution is -0.163. The highest BCUT2D eigenvalue weighted by atomic mass is 16.5. The molecule has 1 aromatic carbocycles. The Morgan fingerprint density at radius 2 is 2.06 bits per heavy atom. The Hall–Kier alpha value is -3.06. The van der Waals surface area contributed by atoms with Gasteiger partial charge in [-0.05, 0) is 50.0 Å². The number of aliphatic carboxylic acids is 1. The Morgan fingerprint density at radius 1 is 1.32 bits per heavy atom. The minimum absolute atomic E-state index is 0.111. The summed E-state index contributed by atoms with van der Waals surface area (Å²) in [6.07, 6.45) is 9.71. The molecule has 0 atom stereocenters. The summed E-state index contributed by atoms with van der Waals surface area (Å²) in [5.41, 5.74) is 8.78. The number of nitrogens with one attached hydrogen (secondary N) is 1. The van der Waals surface area contributed by atoms with E-state index in [9.17, 15) is 9.90 Å². The number of nitrogens with zero attached hydrogens (tertiary/aromatic N) is 2. The molecule has 7 heteroatoms. The fourth-order valence-electron chi connectivity index (χ4n) is 4.20. The van der Waals surface area contributed by atoms with Crippen LogP contribution in [0, 0.1) is 5.41 Å². The lowest BCUT2D eigenvalue weighted by Gasteiger charge is -2.40. The minimum atomic E-state index is -0.720. The fourth-order valence-corrected chi connectivity index (χ4v) is 4.20. The molecule has 0 amide bonds. The average Bonchev–Trinajstić information content (AvgIpc) is 3.17. The number of imidazole rings is 1. The highest BCUT2D eigenvalue weighted by molar-refractivity contribution is 5.81. The molecular formula is C24H30N4O3. The molecule has 1 aliphatic heterocycles. The number of carbonyl (C=O) groups is 1. The lowest BCUT2D eigenvalue weighted by atomic mass is 9.69. The summed E-state index contributed by atoms with van der Waals surface area (Å²) in [6.45, 7) is 6.20. The Labute approximate surface area is 182 Å². The van der Waals surface area contributed by atoms with Gasteiger partial charge in [-0.15, -0.1) is 0 Å². The van der Waals surface area contributed by atoms with Crippen LogP contribution in [0.4, 0.5) is 0 Å². The zero-order valence-electron chi connectivity index (χ0n) is 17.7. The van der Waals surface area contributed by atoms with Crippen LogP contribution in [0.1, 0.15) is 37.9 Å². The van der Waals surface area contributed by atoms with Crippen LogP contribution in [-0.4, -0.2) is 51.7 Å². The summed E-state index contributed by atoms with van der Waals surface area (Å²) in [6, 6.07) is 7.87. The van der Waals surface area contributed by atoms with Crippen molar-refractivity contribution in [1.29, 1.82) is 0 Å². The molecule has 4 rings (SSSR count). The molecule has 2 aromatic rings. The van der Waals surface area contributed by atoms with Crippen LogP contribution >= 0.6 is 0 Å². The van der Waals surface area contributed by atoms with Gasteiger partial charge in [0.25, 0.3) is 0 Å². The van der Waals surface area contributed by atoms with E-state index in [4.69, 9.17) is 10.5 Å². The molecule has 1 aliphatic carbocycles. The number of nitrogens with two attached hydrogens (primary N) is 1. The van der Waals surface area contributed by atoms with Gasteiger partial charge in [-0.3, -0.25) is 4.79 Å². The predicted molar refractivity (Wildman–Crippen MR) is 121 cm³/mol. The predicted octanol–water partition coefficient (Wildman–Crippen LogP) is 3.67. The van der Waals surface area contributed by atoms with Crippen LogP contribution in [0.15, 0.2) is 54.9 Å². The van der Waals surface area contributed by atoms with Gasteiger partial charge >= 0.3 is 5.97 Å². The van der Waals surface area contributed by atoms with Crippen molar-refractivity contribution >= 4 is 22.6 Å². The van der Waals surface area contributed by atoms with Crippen molar-refractivity contribution < 1.29 is 14.6 Å². The molecule has 164 valence electrons. The van der Waals surface area contributed by atoms with E-state index in [1.165, 1.54) is 0 Å². The summed E-state index contributed by atoms with van der Waals surface area (Å²) in [7, 11) is 0. The molecule has 0 bridgehead atoms. The first-order valence-corrected chi connectivity index (χ1v) is 10.8. The number of aromatic amines is 1. The number of piperidine rings is 1. The van der Waals surface area contributed by atoms with Gasteiger partial charge in [0, 0.05) is 30.6 Å². The zero-order chi connectivity index (χ0) is 21.8. The molecule has 1 aromatic heterocycles. The normalized spacial score (nSPS) is 19.6. The first-order valence-electron chi connectivity index (χ1n) is 10.8. The van der Waals surface area contributed by atoms with Gasteiger partial charge in [0.2, 0.25) is 0 Å². The Bertz CT molecular complexity index is 978. The Kier molecular flexibility index (Phi) is 6.13. The first kappa shape index (κ1) is 21.2. The summed E-state index contributed by atoms with van der Waals surface area (Å²) < 4.78 is 5.99. The molecule has 4 N–H and O–H groups in total. The maximum atomic E-state index is 11.5. The molecule has 1 saturated heterocycles. The van der Waals surface area contributed by atoms with E-state index in [1.54, 1.807) is 6.20 Å². The number of ether oxygens (including phenoxy) is 1. The molecule has 7 nitrogen and oxygen atoms in total. The molecule has 31 heavy (non-hydrogen) atoms. The largest absolute Gasteiger partial charge is 0.481 e.